The molecule has 0 saturated carbocycles. The number of halogens is 2. The molecule has 5 nitrogen and oxygen atoms in total. The normalized spacial score (nSPS) is 16.6. The SMILES string of the molecule is COc1ccccc1CN1CCN(S(=O)(=O)c2ccc(Cl)c(Cl)c2)CC1. The fraction of sp³-hybridized carbons (Fsp3) is 0.333. The van der Waals surface area contributed by atoms with Crippen molar-refractivity contribution < 1.29 is 13.2 Å². The van der Waals surface area contributed by atoms with Crippen LogP contribution in [0, 0.1) is 0 Å². The smallest absolute Gasteiger partial charge is 0.243 e. The number of hydrogen-bond acceptors (Lipinski definition) is 4. The van der Waals surface area contributed by atoms with Crippen LogP contribution in [-0.2, 0) is 16.6 Å². The third-order valence-electron chi connectivity index (χ3n) is 4.45. The van der Waals surface area contributed by atoms with Crippen molar-refractivity contribution in [3.63, 3.8) is 0 Å². The Balaban J connectivity index is 1.67. The van der Waals surface area contributed by atoms with Crippen LogP contribution < -0.4 is 4.74 Å². The second-order valence-corrected chi connectivity index (χ2v) is 8.82. The van der Waals surface area contributed by atoms with E-state index < -0.39 is 10.0 Å². The van der Waals surface area contributed by atoms with Crippen molar-refractivity contribution in [3.05, 3.63) is 58.1 Å². The zero-order valence-electron chi connectivity index (χ0n) is 14.4. The van der Waals surface area contributed by atoms with Gasteiger partial charge in [0.25, 0.3) is 0 Å². The van der Waals surface area contributed by atoms with Crippen molar-refractivity contribution >= 4 is 33.2 Å². The first kappa shape index (κ1) is 19.5. The molecule has 1 aliphatic rings. The average molecular weight is 415 g/mol. The van der Waals surface area contributed by atoms with E-state index in [1.165, 1.54) is 22.5 Å². The molecular formula is C18H20Cl2N2O3S. The monoisotopic (exact) mass is 414 g/mol. The molecule has 0 aromatic heterocycles. The first-order chi connectivity index (χ1) is 12.4. The standard InChI is InChI=1S/C18H20Cl2N2O3S/c1-25-18-5-3-2-4-14(18)13-21-8-10-22(11-9-21)26(23,24)15-6-7-16(19)17(20)12-15/h2-7,12H,8-11,13H2,1H3. The van der Waals surface area contributed by atoms with Gasteiger partial charge in [0.1, 0.15) is 5.75 Å². The highest BCUT2D eigenvalue weighted by atomic mass is 35.5. The number of sulfonamides is 1. The minimum atomic E-state index is -3.57. The van der Waals surface area contributed by atoms with Gasteiger partial charge >= 0.3 is 0 Å². The van der Waals surface area contributed by atoms with Crippen molar-refractivity contribution in [1.82, 2.24) is 9.21 Å². The van der Waals surface area contributed by atoms with E-state index in [0.29, 0.717) is 31.2 Å². The van der Waals surface area contributed by atoms with Gasteiger partial charge in [-0.3, -0.25) is 4.90 Å². The van der Waals surface area contributed by atoms with Gasteiger partial charge in [-0.25, -0.2) is 8.42 Å². The Labute approximate surface area is 164 Å². The van der Waals surface area contributed by atoms with E-state index in [2.05, 4.69) is 4.90 Å². The van der Waals surface area contributed by atoms with Crippen LogP contribution >= 0.6 is 23.2 Å². The summed E-state index contributed by atoms with van der Waals surface area (Å²) in [5.41, 5.74) is 1.09. The Morgan fingerprint density at radius 3 is 2.35 bits per heavy atom. The van der Waals surface area contributed by atoms with Crippen LogP contribution in [-0.4, -0.2) is 50.9 Å². The molecule has 1 aliphatic heterocycles. The van der Waals surface area contributed by atoms with Gasteiger partial charge in [0, 0.05) is 38.3 Å². The minimum absolute atomic E-state index is 0.171. The Morgan fingerprint density at radius 2 is 1.69 bits per heavy atom. The summed E-state index contributed by atoms with van der Waals surface area (Å²) in [6, 6.07) is 12.3. The van der Waals surface area contributed by atoms with Gasteiger partial charge in [-0.15, -0.1) is 0 Å². The molecule has 0 N–H and O–H groups in total. The van der Waals surface area contributed by atoms with E-state index in [0.717, 1.165) is 17.9 Å². The Bertz CT molecular complexity index is 882. The number of benzene rings is 2. The summed E-state index contributed by atoms with van der Waals surface area (Å²) in [6.07, 6.45) is 0. The highest BCUT2D eigenvalue weighted by Crippen LogP contribution is 2.27. The fourth-order valence-electron chi connectivity index (χ4n) is 2.99. The van der Waals surface area contributed by atoms with Crippen LogP contribution in [0.1, 0.15) is 5.56 Å². The first-order valence-electron chi connectivity index (χ1n) is 8.21. The molecule has 2 aromatic rings. The zero-order valence-corrected chi connectivity index (χ0v) is 16.7. The molecule has 1 saturated heterocycles. The maximum Gasteiger partial charge on any atom is 0.243 e. The van der Waals surface area contributed by atoms with Crippen molar-refractivity contribution in [1.29, 1.82) is 0 Å². The molecular weight excluding hydrogens is 395 g/mol. The highest BCUT2D eigenvalue weighted by molar-refractivity contribution is 7.89. The lowest BCUT2D eigenvalue weighted by atomic mass is 10.2. The maximum atomic E-state index is 12.8. The van der Waals surface area contributed by atoms with Crippen LogP contribution in [0.2, 0.25) is 10.0 Å². The van der Waals surface area contributed by atoms with E-state index in [1.54, 1.807) is 7.11 Å². The van der Waals surface area contributed by atoms with Gasteiger partial charge < -0.3 is 4.74 Å². The molecule has 8 heteroatoms. The summed E-state index contributed by atoms with van der Waals surface area (Å²) in [4.78, 5) is 2.39. The molecule has 1 heterocycles. The van der Waals surface area contributed by atoms with E-state index >= 15 is 0 Å². The van der Waals surface area contributed by atoms with Crippen molar-refractivity contribution in [2.75, 3.05) is 33.3 Å². The van der Waals surface area contributed by atoms with E-state index in [1.807, 2.05) is 24.3 Å². The molecule has 0 amide bonds. The average Bonchev–Trinajstić information content (AvgIpc) is 2.65. The zero-order chi connectivity index (χ0) is 18.7. The van der Waals surface area contributed by atoms with Gasteiger partial charge in [-0.05, 0) is 24.3 Å². The molecule has 26 heavy (non-hydrogen) atoms. The molecule has 0 atom stereocenters. The van der Waals surface area contributed by atoms with E-state index in [-0.39, 0.29) is 9.92 Å². The van der Waals surface area contributed by atoms with Crippen LogP contribution in [0.3, 0.4) is 0 Å². The fourth-order valence-corrected chi connectivity index (χ4v) is 4.80. The summed E-state index contributed by atoms with van der Waals surface area (Å²) in [5.74, 6) is 0.846. The summed E-state index contributed by atoms with van der Waals surface area (Å²) in [5, 5.41) is 0.579. The summed E-state index contributed by atoms with van der Waals surface area (Å²) >= 11 is 11.8. The molecule has 2 aromatic carbocycles. The molecule has 0 spiro atoms. The van der Waals surface area contributed by atoms with Crippen LogP contribution in [0.5, 0.6) is 5.75 Å². The topological polar surface area (TPSA) is 49.9 Å². The van der Waals surface area contributed by atoms with Gasteiger partial charge in [0.05, 0.1) is 22.1 Å². The number of para-hydroxylation sites is 1. The molecule has 140 valence electrons. The van der Waals surface area contributed by atoms with Crippen molar-refractivity contribution in [2.24, 2.45) is 0 Å². The molecule has 1 fully saturated rings. The lowest BCUT2D eigenvalue weighted by Gasteiger charge is -2.34. The predicted molar refractivity (Wildman–Crippen MR) is 103 cm³/mol. The molecule has 3 rings (SSSR count). The molecule has 0 unspecified atom stereocenters. The summed E-state index contributed by atoms with van der Waals surface area (Å²) < 4.78 is 32.5. The van der Waals surface area contributed by atoms with Crippen LogP contribution in [0.4, 0.5) is 0 Å². The summed E-state index contributed by atoms with van der Waals surface area (Å²) in [6.45, 7) is 2.89. The van der Waals surface area contributed by atoms with Gasteiger partial charge in [0.2, 0.25) is 10.0 Å². The number of ether oxygens (including phenoxy) is 1. The molecule has 0 aliphatic carbocycles. The van der Waals surface area contributed by atoms with Crippen molar-refractivity contribution in [3.8, 4) is 5.75 Å². The van der Waals surface area contributed by atoms with Crippen molar-refractivity contribution in [2.45, 2.75) is 11.4 Å². The number of rotatable bonds is 5. The van der Waals surface area contributed by atoms with Gasteiger partial charge in [-0.2, -0.15) is 4.31 Å². The van der Waals surface area contributed by atoms with Crippen LogP contribution in [0.25, 0.3) is 0 Å². The third-order valence-corrected chi connectivity index (χ3v) is 7.08. The van der Waals surface area contributed by atoms with Gasteiger partial charge in [-0.1, -0.05) is 41.4 Å². The molecule has 0 bridgehead atoms. The Hall–Kier alpha value is -1.31. The van der Waals surface area contributed by atoms with Crippen LogP contribution in [0.15, 0.2) is 47.4 Å². The largest absolute Gasteiger partial charge is 0.496 e. The number of methoxy groups -OCH3 is 1. The lowest BCUT2D eigenvalue weighted by Crippen LogP contribution is -2.48. The number of hydrogen-bond donors (Lipinski definition) is 0. The lowest BCUT2D eigenvalue weighted by molar-refractivity contribution is 0.180. The second kappa shape index (κ2) is 8.15. The third kappa shape index (κ3) is 4.15. The highest BCUT2D eigenvalue weighted by Gasteiger charge is 2.29. The number of piperazine rings is 1. The van der Waals surface area contributed by atoms with E-state index in [4.69, 9.17) is 27.9 Å². The number of nitrogens with zero attached hydrogens (tertiary/aromatic N) is 2. The Kier molecular flexibility index (Phi) is 6.10. The summed E-state index contributed by atoms with van der Waals surface area (Å²) in [7, 11) is -1.92. The Morgan fingerprint density at radius 1 is 1.00 bits per heavy atom. The van der Waals surface area contributed by atoms with E-state index in [9.17, 15) is 8.42 Å². The van der Waals surface area contributed by atoms with Gasteiger partial charge in [0.15, 0.2) is 0 Å². The predicted octanol–water partition coefficient (Wildman–Crippen LogP) is 3.51. The second-order valence-electron chi connectivity index (χ2n) is 6.07. The molecule has 0 radical (unpaired) electrons. The maximum absolute atomic E-state index is 12.8. The first-order valence-corrected chi connectivity index (χ1v) is 10.4. The quantitative estimate of drug-likeness (QED) is 0.750. The minimum Gasteiger partial charge on any atom is -0.496 e.